The van der Waals surface area contributed by atoms with Crippen LogP contribution in [0.15, 0.2) is 4.34 Å². The van der Waals surface area contributed by atoms with Gasteiger partial charge < -0.3 is 9.64 Å². The molecule has 0 radical (unpaired) electrons. The molecule has 1 aromatic heterocycles. The lowest BCUT2D eigenvalue weighted by molar-refractivity contribution is 0.0289. The van der Waals surface area contributed by atoms with Crippen molar-refractivity contribution >= 4 is 29.2 Å². The standard InChI is InChI=1S/C13H21N3O2S2/c1-9-14-15-11(20-9)19-8-10-5-6-16(7-10)12(17)18-13(2,3)4/h10H,5-8H2,1-4H3/t10-/m1/s1. The average Bonchev–Trinajstić information content (AvgIpc) is 2.93. The summed E-state index contributed by atoms with van der Waals surface area (Å²) in [6.45, 7) is 9.21. The zero-order valence-electron chi connectivity index (χ0n) is 12.4. The molecule has 1 fully saturated rings. The van der Waals surface area contributed by atoms with Gasteiger partial charge in [-0.1, -0.05) is 23.1 Å². The van der Waals surface area contributed by atoms with E-state index in [1.54, 1.807) is 23.1 Å². The second-order valence-corrected chi connectivity index (χ2v) is 8.43. The fourth-order valence-electron chi connectivity index (χ4n) is 1.99. The van der Waals surface area contributed by atoms with Gasteiger partial charge in [0.15, 0.2) is 4.34 Å². The van der Waals surface area contributed by atoms with Crippen LogP contribution in [0.1, 0.15) is 32.2 Å². The van der Waals surface area contributed by atoms with Crippen molar-refractivity contribution < 1.29 is 9.53 Å². The molecule has 1 amide bonds. The maximum atomic E-state index is 12.0. The van der Waals surface area contributed by atoms with Crippen molar-refractivity contribution in [2.75, 3.05) is 18.8 Å². The molecule has 2 rings (SSSR count). The van der Waals surface area contributed by atoms with Crippen LogP contribution in [0, 0.1) is 12.8 Å². The predicted octanol–water partition coefficient (Wildman–Crippen LogP) is 3.20. The van der Waals surface area contributed by atoms with Gasteiger partial charge >= 0.3 is 6.09 Å². The summed E-state index contributed by atoms with van der Waals surface area (Å²) >= 11 is 3.35. The zero-order valence-corrected chi connectivity index (χ0v) is 14.0. The van der Waals surface area contributed by atoms with Crippen molar-refractivity contribution in [1.82, 2.24) is 15.1 Å². The lowest BCUT2D eigenvalue weighted by Crippen LogP contribution is -2.35. The molecule has 112 valence electrons. The summed E-state index contributed by atoms with van der Waals surface area (Å²) in [5.41, 5.74) is -0.423. The third kappa shape index (κ3) is 4.63. The highest BCUT2D eigenvalue weighted by atomic mass is 32.2. The van der Waals surface area contributed by atoms with Crippen molar-refractivity contribution in [3.63, 3.8) is 0 Å². The normalized spacial score (nSPS) is 19.4. The summed E-state index contributed by atoms with van der Waals surface area (Å²) in [5, 5.41) is 9.11. The molecule has 0 aromatic carbocycles. The predicted molar refractivity (Wildman–Crippen MR) is 81.3 cm³/mol. The van der Waals surface area contributed by atoms with Crippen LogP contribution in [-0.2, 0) is 4.74 Å². The molecule has 0 saturated carbocycles. The number of carbonyl (C=O) groups excluding carboxylic acids is 1. The number of hydrogen-bond acceptors (Lipinski definition) is 6. The van der Waals surface area contributed by atoms with Crippen molar-refractivity contribution in [3.05, 3.63) is 5.01 Å². The Balaban J connectivity index is 1.76. The van der Waals surface area contributed by atoms with Crippen LogP contribution in [0.5, 0.6) is 0 Å². The maximum Gasteiger partial charge on any atom is 0.410 e. The van der Waals surface area contributed by atoms with Crippen LogP contribution in [0.4, 0.5) is 4.79 Å². The summed E-state index contributed by atoms with van der Waals surface area (Å²) in [4.78, 5) is 13.8. The summed E-state index contributed by atoms with van der Waals surface area (Å²) in [7, 11) is 0. The minimum atomic E-state index is -0.423. The molecule has 1 saturated heterocycles. The van der Waals surface area contributed by atoms with Crippen LogP contribution in [0.2, 0.25) is 0 Å². The molecule has 20 heavy (non-hydrogen) atoms. The van der Waals surface area contributed by atoms with Gasteiger partial charge in [-0.3, -0.25) is 0 Å². The number of amides is 1. The number of hydrogen-bond donors (Lipinski definition) is 0. The van der Waals surface area contributed by atoms with E-state index < -0.39 is 5.60 Å². The number of rotatable bonds is 3. The first-order chi connectivity index (χ1) is 9.33. The summed E-state index contributed by atoms with van der Waals surface area (Å²) < 4.78 is 6.41. The molecule has 0 spiro atoms. The van der Waals surface area contributed by atoms with Gasteiger partial charge in [-0.2, -0.15) is 0 Å². The first-order valence-electron chi connectivity index (χ1n) is 6.74. The van der Waals surface area contributed by atoms with Gasteiger partial charge in [0.1, 0.15) is 10.6 Å². The van der Waals surface area contributed by atoms with Gasteiger partial charge in [0, 0.05) is 18.8 Å². The third-order valence-electron chi connectivity index (χ3n) is 2.89. The van der Waals surface area contributed by atoms with Crippen molar-refractivity contribution in [2.24, 2.45) is 5.92 Å². The van der Waals surface area contributed by atoms with E-state index in [0.717, 1.165) is 34.6 Å². The number of carbonyl (C=O) groups is 1. The van der Waals surface area contributed by atoms with E-state index in [2.05, 4.69) is 10.2 Å². The van der Waals surface area contributed by atoms with E-state index in [1.807, 2.05) is 32.6 Å². The van der Waals surface area contributed by atoms with E-state index >= 15 is 0 Å². The van der Waals surface area contributed by atoms with Gasteiger partial charge in [0.25, 0.3) is 0 Å². The van der Waals surface area contributed by atoms with E-state index in [1.165, 1.54) is 0 Å². The highest BCUT2D eigenvalue weighted by Gasteiger charge is 2.29. The first-order valence-corrected chi connectivity index (χ1v) is 8.54. The molecule has 1 atom stereocenters. The molecule has 1 aromatic rings. The fraction of sp³-hybridized carbons (Fsp3) is 0.769. The van der Waals surface area contributed by atoms with Gasteiger partial charge in [-0.25, -0.2) is 4.79 Å². The largest absolute Gasteiger partial charge is 0.444 e. The number of likely N-dealkylation sites (tertiary alicyclic amines) is 1. The molecule has 0 bridgehead atoms. The SMILES string of the molecule is Cc1nnc(SC[C@@H]2CCN(C(=O)OC(C)(C)C)C2)s1. The van der Waals surface area contributed by atoms with Gasteiger partial charge in [0.05, 0.1) is 0 Å². The molecule has 0 aliphatic carbocycles. The molecular weight excluding hydrogens is 294 g/mol. The third-order valence-corrected chi connectivity index (χ3v) is 5.09. The van der Waals surface area contributed by atoms with Crippen molar-refractivity contribution in [1.29, 1.82) is 0 Å². The average molecular weight is 315 g/mol. The molecule has 5 nitrogen and oxygen atoms in total. The van der Waals surface area contributed by atoms with Crippen LogP contribution >= 0.6 is 23.1 Å². The second kappa shape index (κ2) is 6.30. The molecule has 2 heterocycles. The lowest BCUT2D eigenvalue weighted by atomic mass is 10.2. The zero-order chi connectivity index (χ0) is 14.8. The Morgan fingerprint density at radius 2 is 2.25 bits per heavy atom. The van der Waals surface area contributed by atoms with E-state index in [9.17, 15) is 4.79 Å². The fourth-order valence-corrected chi connectivity index (χ4v) is 3.95. The molecule has 1 aliphatic heterocycles. The minimum absolute atomic E-state index is 0.197. The summed E-state index contributed by atoms with van der Waals surface area (Å²) in [6, 6.07) is 0. The van der Waals surface area contributed by atoms with Gasteiger partial charge in [0.2, 0.25) is 0 Å². The van der Waals surface area contributed by atoms with Crippen LogP contribution < -0.4 is 0 Å². The Bertz CT molecular complexity index is 470. The second-order valence-electron chi connectivity index (χ2n) is 5.98. The van der Waals surface area contributed by atoms with Crippen LogP contribution in [-0.4, -0.2) is 45.6 Å². The van der Waals surface area contributed by atoms with Gasteiger partial charge in [-0.15, -0.1) is 10.2 Å². The van der Waals surface area contributed by atoms with E-state index in [0.29, 0.717) is 5.92 Å². The Kier molecular flexibility index (Phi) is 4.90. The van der Waals surface area contributed by atoms with E-state index in [4.69, 9.17) is 4.74 Å². The van der Waals surface area contributed by atoms with Crippen molar-refractivity contribution in [3.8, 4) is 0 Å². The Morgan fingerprint density at radius 1 is 1.50 bits per heavy atom. The quantitative estimate of drug-likeness (QED) is 0.802. The minimum Gasteiger partial charge on any atom is -0.444 e. The van der Waals surface area contributed by atoms with Crippen LogP contribution in [0.25, 0.3) is 0 Å². The van der Waals surface area contributed by atoms with Crippen LogP contribution in [0.3, 0.4) is 0 Å². The number of aryl methyl sites for hydroxylation is 1. The van der Waals surface area contributed by atoms with E-state index in [-0.39, 0.29) is 6.09 Å². The first kappa shape index (κ1) is 15.6. The smallest absolute Gasteiger partial charge is 0.410 e. The highest BCUT2D eigenvalue weighted by molar-refractivity contribution is 8.01. The lowest BCUT2D eigenvalue weighted by Gasteiger charge is -2.24. The Morgan fingerprint density at radius 3 is 2.85 bits per heavy atom. The molecular formula is C13H21N3O2S2. The summed E-state index contributed by atoms with van der Waals surface area (Å²) in [5.74, 6) is 1.49. The number of thioether (sulfide) groups is 1. The molecule has 0 unspecified atom stereocenters. The summed E-state index contributed by atoms with van der Waals surface area (Å²) in [6.07, 6.45) is 0.834. The Labute approximate surface area is 128 Å². The Hall–Kier alpha value is -0.820. The number of aromatic nitrogens is 2. The molecule has 1 aliphatic rings. The highest BCUT2D eigenvalue weighted by Crippen LogP contribution is 2.28. The topological polar surface area (TPSA) is 55.3 Å². The molecule has 7 heteroatoms. The number of nitrogens with zero attached hydrogens (tertiary/aromatic N) is 3. The maximum absolute atomic E-state index is 12.0. The molecule has 0 N–H and O–H groups in total. The van der Waals surface area contributed by atoms with Gasteiger partial charge in [-0.05, 0) is 40.0 Å². The number of ether oxygens (including phenoxy) is 1. The monoisotopic (exact) mass is 315 g/mol. The van der Waals surface area contributed by atoms with Crippen molar-refractivity contribution in [2.45, 2.75) is 44.1 Å².